The quantitative estimate of drug-likeness (QED) is 0.847. The van der Waals surface area contributed by atoms with Crippen molar-refractivity contribution in [3.63, 3.8) is 0 Å². The fourth-order valence-corrected chi connectivity index (χ4v) is 2.23. The number of nitrogens with zero attached hydrogens (tertiary/aromatic N) is 2. The molecule has 1 aliphatic rings. The molecule has 2 rings (SSSR count). The van der Waals surface area contributed by atoms with Gasteiger partial charge in [0, 0.05) is 14.1 Å². The highest BCUT2D eigenvalue weighted by molar-refractivity contribution is 6.09. The minimum Gasteiger partial charge on any atom is -0.369 e. The Morgan fingerprint density at radius 3 is 2.24 bits per heavy atom. The Labute approximate surface area is 124 Å². The minimum absolute atomic E-state index is 0.192. The summed E-state index contributed by atoms with van der Waals surface area (Å²) in [5.41, 5.74) is 2.21. The Morgan fingerprint density at radius 1 is 1.14 bits per heavy atom. The van der Waals surface area contributed by atoms with Crippen LogP contribution in [-0.4, -0.2) is 47.2 Å². The van der Waals surface area contributed by atoms with Crippen LogP contribution in [0.1, 0.15) is 30.9 Å². The van der Waals surface area contributed by atoms with E-state index in [2.05, 4.69) is 13.8 Å². The molecule has 1 fully saturated rings. The molecule has 0 aromatic heterocycles. The number of benzene rings is 1. The molecule has 0 spiro atoms. The zero-order chi connectivity index (χ0) is 15.7. The van der Waals surface area contributed by atoms with Crippen LogP contribution < -0.4 is 0 Å². The van der Waals surface area contributed by atoms with E-state index < -0.39 is 18.2 Å². The van der Waals surface area contributed by atoms with E-state index >= 15 is 0 Å². The maximum absolute atomic E-state index is 12.1. The topological polar surface area (TPSA) is 60.9 Å². The molecule has 1 aliphatic heterocycles. The van der Waals surface area contributed by atoms with E-state index in [-0.39, 0.29) is 5.57 Å². The van der Waals surface area contributed by atoms with E-state index in [9.17, 15) is 14.7 Å². The van der Waals surface area contributed by atoms with Gasteiger partial charge in [0.1, 0.15) is 0 Å². The number of urea groups is 1. The predicted molar refractivity (Wildman–Crippen MR) is 80.4 cm³/mol. The number of amides is 3. The van der Waals surface area contributed by atoms with Crippen LogP contribution in [0.15, 0.2) is 29.8 Å². The lowest BCUT2D eigenvalue weighted by Gasteiger charge is -2.35. The Balaban J connectivity index is 2.34. The van der Waals surface area contributed by atoms with Crippen molar-refractivity contribution < 1.29 is 14.7 Å². The van der Waals surface area contributed by atoms with Crippen molar-refractivity contribution in [2.45, 2.75) is 26.0 Å². The summed E-state index contributed by atoms with van der Waals surface area (Å²) in [6.45, 7) is 4.22. The number of imide groups is 1. The molecule has 1 aromatic carbocycles. The number of carbonyl (C=O) groups is 2. The van der Waals surface area contributed by atoms with Gasteiger partial charge >= 0.3 is 6.03 Å². The van der Waals surface area contributed by atoms with E-state index in [0.29, 0.717) is 5.92 Å². The summed E-state index contributed by atoms with van der Waals surface area (Å²) in [5, 5.41) is 10.1. The largest absolute Gasteiger partial charge is 0.369 e. The zero-order valence-electron chi connectivity index (χ0n) is 12.7. The number of hydrogen-bond donors (Lipinski definition) is 1. The van der Waals surface area contributed by atoms with Crippen LogP contribution in [0.4, 0.5) is 4.79 Å². The van der Waals surface area contributed by atoms with Crippen molar-refractivity contribution in [3.8, 4) is 0 Å². The third-order valence-corrected chi connectivity index (χ3v) is 3.71. The minimum atomic E-state index is -1.22. The average Bonchev–Trinajstić information content (AvgIpc) is 2.48. The fraction of sp³-hybridized carbons (Fsp3) is 0.375. The molecule has 112 valence electrons. The Bertz CT molecular complexity index is 590. The number of rotatable bonds is 2. The van der Waals surface area contributed by atoms with Crippen LogP contribution in [0.5, 0.6) is 0 Å². The first kappa shape index (κ1) is 15.3. The first-order valence-corrected chi connectivity index (χ1v) is 6.87. The molecule has 0 bridgehead atoms. The van der Waals surface area contributed by atoms with Crippen LogP contribution in [0, 0.1) is 0 Å². The predicted octanol–water partition coefficient (Wildman–Crippen LogP) is 2.04. The van der Waals surface area contributed by atoms with Crippen molar-refractivity contribution in [1.82, 2.24) is 9.80 Å². The number of aliphatic hydroxyl groups is 1. The van der Waals surface area contributed by atoms with Crippen molar-refractivity contribution in [2.75, 3.05) is 14.1 Å². The molecule has 5 heteroatoms. The normalized spacial score (nSPS) is 21.6. The molecule has 0 aliphatic carbocycles. The number of hydrogen-bond acceptors (Lipinski definition) is 3. The highest BCUT2D eigenvalue weighted by Crippen LogP contribution is 2.22. The van der Waals surface area contributed by atoms with Crippen LogP contribution in [0.25, 0.3) is 6.08 Å². The van der Waals surface area contributed by atoms with Gasteiger partial charge in [-0.25, -0.2) is 4.79 Å². The summed E-state index contributed by atoms with van der Waals surface area (Å²) in [6.07, 6.45) is 0.405. The van der Waals surface area contributed by atoms with Gasteiger partial charge in [0.15, 0.2) is 6.23 Å². The maximum Gasteiger partial charge on any atom is 0.328 e. The lowest BCUT2D eigenvalue weighted by Crippen LogP contribution is -2.55. The van der Waals surface area contributed by atoms with E-state index in [4.69, 9.17) is 0 Å². The Kier molecular flexibility index (Phi) is 4.14. The summed E-state index contributed by atoms with van der Waals surface area (Å²) in [5.74, 6) is -0.0398. The van der Waals surface area contributed by atoms with Gasteiger partial charge in [-0.15, -0.1) is 0 Å². The lowest BCUT2D eigenvalue weighted by atomic mass is 10.00. The second-order valence-corrected chi connectivity index (χ2v) is 5.55. The molecule has 21 heavy (non-hydrogen) atoms. The summed E-state index contributed by atoms with van der Waals surface area (Å²) < 4.78 is 0. The number of likely N-dealkylation sites (N-methyl/N-ethyl adjacent to an activating group) is 2. The van der Waals surface area contributed by atoms with Gasteiger partial charge in [-0.3, -0.25) is 14.6 Å². The van der Waals surface area contributed by atoms with Crippen LogP contribution in [0.3, 0.4) is 0 Å². The van der Waals surface area contributed by atoms with E-state index in [1.807, 2.05) is 24.3 Å². The monoisotopic (exact) mass is 288 g/mol. The molecular formula is C16H20N2O3. The summed E-state index contributed by atoms with van der Waals surface area (Å²) in [4.78, 5) is 26.0. The smallest absolute Gasteiger partial charge is 0.328 e. The molecule has 1 atom stereocenters. The van der Waals surface area contributed by atoms with Gasteiger partial charge in [-0.1, -0.05) is 38.1 Å². The Morgan fingerprint density at radius 2 is 1.71 bits per heavy atom. The van der Waals surface area contributed by atoms with Gasteiger partial charge in [-0.05, 0) is 23.1 Å². The first-order valence-electron chi connectivity index (χ1n) is 6.87. The second-order valence-electron chi connectivity index (χ2n) is 5.55. The standard InChI is InChI=1S/C16H20N2O3/c1-10(2)12-7-5-11(6-8-12)9-13-14(19)17(3)16(21)18(4)15(13)20/h5-10,14,19H,1-4H3/b13-9-. The van der Waals surface area contributed by atoms with Crippen molar-refractivity contribution in [1.29, 1.82) is 0 Å². The molecule has 1 aromatic rings. The highest BCUT2D eigenvalue weighted by Gasteiger charge is 2.37. The number of carbonyl (C=O) groups excluding carboxylic acids is 2. The van der Waals surface area contributed by atoms with Crippen molar-refractivity contribution in [2.24, 2.45) is 0 Å². The van der Waals surface area contributed by atoms with Crippen LogP contribution in [-0.2, 0) is 4.79 Å². The van der Waals surface area contributed by atoms with E-state index in [0.717, 1.165) is 15.4 Å². The van der Waals surface area contributed by atoms with Gasteiger partial charge < -0.3 is 5.11 Å². The maximum atomic E-state index is 12.1. The molecule has 5 nitrogen and oxygen atoms in total. The molecule has 1 heterocycles. The van der Waals surface area contributed by atoms with Crippen LogP contribution >= 0.6 is 0 Å². The Hall–Kier alpha value is -2.14. The second kappa shape index (κ2) is 5.69. The number of aliphatic hydroxyl groups excluding tert-OH is 1. The summed E-state index contributed by atoms with van der Waals surface area (Å²) >= 11 is 0. The van der Waals surface area contributed by atoms with Gasteiger partial charge in [0.25, 0.3) is 5.91 Å². The molecule has 0 radical (unpaired) electrons. The molecular weight excluding hydrogens is 268 g/mol. The zero-order valence-corrected chi connectivity index (χ0v) is 12.7. The SMILES string of the molecule is CC(C)c1ccc(/C=C2\C(=O)N(C)C(=O)N(C)C2O)cc1. The molecule has 0 saturated carbocycles. The average molecular weight is 288 g/mol. The summed E-state index contributed by atoms with van der Waals surface area (Å²) in [7, 11) is 2.87. The van der Waals surface area contributed by atoms with Gasteiger partial charge in [0.2, 0.25) is 0 Å². The highest BCUT2D eigenvalue weighted by atomic mass is 16.3. The lowest BCUT2D eigenvalue weighted by molar-refractivity contribution is -0.128. The molecule has 3 amide bonds. The molecule has 1 unspecified atom stereocenters. The van der Waals surface area contributed by atoms with Gasteiger partial charge in [0.05, 0.1) is 5.57 Å². The molecule has 1 N–H and O–H groups in total. The van der Waals surface area contributed by atoms with E-state index in [1.165, 1.54) is 19.7 Å². The van der Waals surface area contributed by atoms with Crippen molar-refractivity contribution >= 4 is 18.0 Å². The molecule has 1 saturated heterocycles. The van der Waals surface area contributed by atoms with Gasteiger partial charge in [-0.2, -0.15) is 0 Å². The van der Waals surface area contributed by atoms with Crippen LogP contribution in [0.2, 0.25) is 0 Å². The van der Waals surface area contributed by atoms with Crippen molar-refractivity contribution in [3.05, 3.63) is 41.0 Å². The van der Waals surface area contributed by atoms with E-state index in [1.54, 1.807) is 6.08 Å². The summed E-state index contributed by atoms with van der Waals surface area (Å²) in [6, 6.07) is 7.28. The fourth-order valence-electron chi connectivity index (χ4n) is 2.23. The third-order valence-electron chi connectivity index (χ3n) is 3.71. The third kappa shape index (κ3) is 2.83. The first-order chi connectivity index (χ1) is 9.82.